The molecule has 0 unspecified atom stereocenters. The van der Waals surface area contributed by atoms with Crippen molar-refractivity contribution in [2.45, 2.75) is 20.4 Å². The fourth-order valence-corrected chi connectivity index (χ4v) is 4.52. The van der Waals surface area contributed by atoms with Crippen molar-refractivity contribution in [2.75, 3.05) is 24.5 Å². The summed E-state index contributed by atoms with van der Waals surface area (Å²) in [7, 11) is 0. The number of halogens is 1. The van der Waals surface area contributed by atoms with Crippen LogP contribution in [0.4, 0.5) is 10.3 Å². The Morgan fingerprint density at radius 2 is 1.80 bits per heavy atom. The number of benzene rings is 1. The number of hydrogen-bond donors (Lipinski definition) is 0. The molecule has 2 atom stereocenters. The van der Waals surface area contributed by atoms with Crippen molar-refractivity contribution < 1.29 is 9.18 Å². The molecule has 154 valence electrons. The topological polar surface area (TPSA) is 80.0 Å². The first-order chi connectivity index (χ1) is 14.5. The smallest absolute Gasteiger partial charge is 0.228 e. The van der Waals surface area contributed by atoms with Gasteiger partial charge in [0.05, 0.1) is 30.5 Å². The van der Waals surface area contributed by atoms with Gasteiger partial charge in [-0.15, -0.1) is 0 Å². The van der Waals surface area contributed by atoms with Crippen molar-refractivity contribution in [1.29, 1.82) is 0 Å². The second-order valence-electron chi connectivity index (χ2n) is 8.00. The Balaban J connectivity index is 1.35. The Morgan fingerprint density at radius 3 is 2.50 bits per heavy atom. The summed E-state index contributed by atoms with van der Waals surface area (Å²) in [6, 6.07) is 6.73. The molecular weight excluding hydrogens is 385 g/mol. The van der Waals surface area contributed by atoms with Crippen LogP contribution in [0.2, 0.25) is 0 Å². The van der Waals surface area contributed by atoms with Gasteiger partial charge in [0.25, 0.3) is 0 Å². The van der Waals surface area contributed by atoms with Gasteiger partial charge in [0.2, 0.25) is 11.9 Å². The van der Waals surface area contributed by atoms with E-state index in [2.05, 4.69) is 25.1 Å². The molecule has 1 amide bonds. The second kappa shape index (κ2) is 7.16. The van der Waals surface area contributed by atoms with Crippen molar-refractivity contribution in [3.8, 4) is 5.69 Å². The Labute approximate surface area is 173 Å². The van der Waals surface area contributed by atoms with Crippen molar-refractivity contribution in [3.05, 3.63) is 59.4 Å². The van der Waals surface area contributed by atoms with Gasteiger partial charge in [0.1, 0.15) is 5.82 Å². The molecule has 0 spiro atoms. The number of aromatic nitrogens is 5. The summed E-state index contributed by atoms with van der Waals surface area (Å²) in [6.45, 7) is 6.00. The quantitative estimate of drug-likeness (QED) is 0.657. The lowest BCUT2D eigenvalue weighted by atomic mass is 10.0. The number of aryl methyl sites for hydroxylation is 2. The first kappa shape index (κ1) is 18.7. The maximum Gasteiger partial charge on any atom is 0.228 e. The molecule has 1 aromatic carbocycles. The molecule has 0 N–H and O–H groups in total. The van der Waals surface area contributed by atoms with Gasteiger partial charge in [0.15, 0.2) is 0 Å². The van der Waals surface area contributed by atoms with Gasteiger partial charge < -0.3 is 9.80 Å². The third-order valence-corrected chi connectivity index (χ3v) is 5.86. The van der Waals surface area contributed by atoms with Crippen molar-refractivity contribution >= 4 is 11.9 Å². The minimum absolute atomic E-state index is 0.0505. The summed E-state index contributed by atoms with van der Waals surface area (Å²) in [5.74, 6) is 0.435. The molecule has 4 heterocycles. The van der Waals surface area contributed by atoms with E-state index in [9.17, 15) is 9.18 Å². The van der Waals surface area contributed by atoms with Crippen molar-refractivity contribution in [3.63, 3.8) is 0 Å². The lowest BCUT2D eigenvalue weighted by Gasteiger charge is -2.23. The maximum absolute atomic E-state index is 14.6. The molecule has 0 aliphatic carbocycles. The molecule has 2 fully saturated rings. The third kappa shape index (κ3) is 3.20. The summed E-state index contributed by atoms with van der Waals surface area (Å²) in [6.07, 6.45) is 3.09. The summed E-state index contributed by atoms with van der Waals surface area (Å²) in [4.78, 5) is 27.4. The second-order valence-corrected chi connectivity index (χ2v) is 8.00. The van der Waals surface area contributed by atoms with Crippen LogP contribution in [0, 0.1) is 31.5 Å². The van der Waals surface area contributed by atoms with Crippen LogP contribution in [0.25, 0.3) is 5.69 Å². The first-order valence-corrected chi connectivity index (χ1v) is 9.99. The average molecular weight is 407 g/mol. The van der Waals surface area contributed by atoms with Crippen LogP contribution in [0.15, 0.2) is 36.7 Å². The highest BCUT2D eigenvalue weighted by atomic mass is 19.1. The van der Waals surface area contributed by atoms with Gasteiger partial charge in [-0.1, -0.05) is 6.07 Å². The Morgan fingerprint density at radius 1 is 1.07 bits per heavy atom. The zero-order valence-electron chi connectivity index (χ0n) is 16.9. The van der Waals surface area contributed by atoms with E-state index in [-0.39, 0.29) is 30.1 Å². The summed E-state index contributed by atoms with van der Waals surface area (Å²) in [5.41, 5.74) is 2.82. The average Bonchev–Trinajstić information content (AvgIpc) is 3.42. The van der Waals surface area contributed by atoms with E-state index in [1.807, 2.05) is 19.9 Å². The Bertz CT molecular complexity index is 1080. The van der Waals surface area contributed by atoms with E-state index in [4.69, 9.17) is 0 Å². The van der Waals surface area contributed by atoms with E-state index in [0.29, 0.717) is 30.3 Å². The van der Waals surface area contributed by atoms with E-state index >= 15 is 0 Å². The molecule has 0 radical (unpaired) electrons. The lowest BCUT2D eigenvalue weighted by Crippen LogP contribution is -2.33. The molecule has 8 nitrogen and oxygen atoms in total. The zero-order chi connectivity index (χ0) is 20.8. The monoisotopic (exact) mass is 407 g/mol. The number of nitrogens with zero attached hydrogens (tertiary/aromatic N) is 7. The maximum atomic E-state index is 14.6. The van der Waals surface area contributed by atoms with E-state index in [1.54, 1.807) is 29.4 Å². The Hall–Kier alpha value is -3.36. The first-order valence-electron chi connectivity index (χ1n) is 9.99. The van der Waals surface area contributed by atoms with Crippen molar-refractivity contribution in [1.82, 2.24) is 29.9 Å². The molecule has 2 aliphatic rings. The van der Waals surface area contributed by atoms with Crippen molar-refractivity contribution in [2.24, 2.45) is 11.8 Å². The van der Waals surface area contributed by atoms with E-state index in [0.717, 1.165) is 17.9 Å². The molecule has 9 heteroatoms. The largest absolute Gasteiger partial charge is 0.340 e. The highest BCUT2D eigenvalue weighted by molar-refractivity contribution is 5.83. The zero-order valence-corrected chi connectivity index (χ0v) is 16.9. The number of likely N-dealkylation sites (tertiary alicyclic amines) is 1. The summed E-state index contributed by atoms with van der Waals surface area (Å²) >= 11 is 0. The number of anilines is 1. The molecular formula is C21H22FN7O. The summed E-state index contributed by atoms with van der Waals surface area (Å²) < 4.78 is 14.6. The standard InChI is InChI=1S/C21H22FN7O/c1-13-8-14(2)26-21(25-13)28-10-15-9-27(20(30)16(15)11-28)12-17-18(22)4-3-5-19(17)29-23-6-7-24-29/h3-8,15-16H,9-12H2,1-2H3/t15-,16+/m0/s1. The highest BCUT2D eigenvalue weighted by Gasteiger charge is 2.47. The number of amides is 1. The van der Waals surface area contributed by atoms with Gasteiger partial charge in [-0.25, -0.2) is 14.4 Å². The van der Waals surface area contributed by atoms with Crippen LogP contribution in [-0.4, -0.2) is 55.4 Å². The van der Waals surface area contributed by atoms with Gasteiger partial charge in [0, 0.05) is 42.5 Å². The van der Waals surface area contributed by atoms with Crippen LogP contribution in [0.3, 0.4) is 0 Å². The molecule has 3 aromatic rings. The summed E-state index contributed by atoms with van der Waals surface area (Å²) in [5, 5.41) is 8.22. The lowest BCUT2D eigenvalue weighted by molar-refractivity contribution is -0.131. The fourth-order valence-electron chi connectivity index (χ4n) is 4.52. The number of fused-ring (bicyclic) bond motifs is 1. The van der Waals surface area contributed by atoms with E-state index < -0.39 is 0 Å². The number of carbonyl (C=O) groups is 1. The van der Waals surface area contributed by atoms with Gasteiger partial charge in [-0.05, 0) is 32.0 Å². The van der Waals surface area contributed by atoms with Crippen LogP contribution in [0.5, 0.6) is 0 Å². The minimum Gasteiger partial charge on any atom is -0.340 e. The molecule has 2 aliphatic heterocycles. The van der Waals surface area contributed by atoms with Gasteiger partial charge >= 0.3 is 0 Å². The van der Waals surface area contributed by atoms with E-state index in [1.165, 1.54) is 10.9 Å². The molecule has 5 rings (SSSR count). The number of carbonyl (C=O) groups excluding carboxylic acids is 1. The molecule has 2 aromatic heterocycles. The van der Waals surface area contributed by atoms with Crippen LogP contribution >= 0.6 is 0 Å². The number of hydrogen-bond acceptors (Lipinski definition) is 6. The molecule has 0 bridgehead atoms. The molecule has 2 saturated heterocycles. The third-order valence-electron chi connectivity index (χ3n) is 5.86. The highest BCUT2D eigenvalue weighted by Crippen LogP contribution is 2.35. The number of rotatable bonds is 4. The predicted molar refractivity (Wildman–Crippen MR) is 107 cm³/mol. The fraction of sp³-hybridized carbons (Fsp3) is 0.381. The predicted octanol–water partition coefficient (Wildman–Crippen LogP) is 1.91. The van der Waals surface area contributed by atoms with Gasteiger partial charge in [-0.2, -0.15) is 15.0 Å². The SMILES string of the molecule is Cc1cc(C)nc(N2C[C@@H]3CN(Cc4c(F)cccc4-n4nccn4)C(=O)[C@@H]3C2)n1. The van der Waals surface area contributed by atoms with Crippen LogP contribution in [0.1, 0.15) is 17.0 Å². The molecule has 0 saturated carbocycles. The normalized spacial score (nSPS) is 20.8. The van der Waals surface area contributed by atoms with Crippen LogP contribution in [-0.2, 0) is 11.3 Å². The Kier molecular flexibility index (Phi) is 4.45. The molecule has 30 heavy (non-hydrogen) atoms. The minimum atomic E-state index is -0.361. The van der Waals surface area contributed by atoms with Crippen LogP contribution < -0.4 is 4.90 Å². The van der Waals surface area contributed by atoms with Gasteiger partial charge in [-0.3, -0.25) is 4.79 Å².